The van der Waals surface area contributed by atoms with Gasteiger partial charge in [0.25, 0.3) is 5.92 Å². The number of benzene rings is 2. The summed E-state index contributed by atoms with van der Waals surface area (Å²) in [5.41, 5.74) is -0.964. The first-order chi connectivity index (χ1) is 16.2. The molecule has 2 aromatic carbocycles. The van der Waals surface area contributed by atoms with Crippen LogP contribution in [0.5, 0.6) is 0 Å². The maximum Gasteiger partial charge on any atom is 0.416 e. The third-order valence-electron chi connectivity index (χ3n) is 6.19. The highest BCUT2D eigenvalue weighted by Gasteiger charge is 2.44. The molecule has 188 valence electrons. The minimum Gasteiger partial charge on any atom is -0.480 e. The fourth-order valence-corrected chi connectivity index (χ4v) is 6.60. The van der Waals surface area contributed by atoms with Crippen LogP contribution in [0.15, 0.2) is 35.2 Å². The van der Waals surface area contributed by atoms with E-state index in [1.807, 2.05) is 0 Å². The minimum absolute atomic E-state index is 0.0848. The number of carboxylic acid groups (broad SMARTS) is 1. The van der Waals surface area contributed by atoms with Gasteiger partial charge in [-0.2, -0.15) is 22.0 Å². The highest BCUT2D eigenvalue weighted by molar-refractivity contribution is 8.13. The van der Waals surface area contributed by atoms with Crippen LogP contribution in [-0.2, 0) is 29.9 Å². The molecule has 1 unspecified atom stereocenters. The second-order valence-electron chi connectivity index (χ2n) is 8.43. The van der Waals surface area contributed by atoms with E-state index in [-0.39, 0.29) is 21.4 Å². The predicted octanol–water partition coefficient (Wildman–Crippen LogP) is 6.19. The smallest absolute Gasteiger partial charge is 0.416 e. The first kappa shape index (κ1) is 25.3. The van der Waals surface area contributed by atoms with Gasteiger partial charge >= 0.3 is 12.1 Å². The van der Waals surface area contributed by atoms with E-state index in [1.165, 1.54) is 28.9 Å². The molecule has 0 saturated heterocycles. The molecule has 1 aliphatic rings. The van der Waals surface area contributed by atoms with Gasteiger partial charge in [0.15, 0.2) is 0 Å². The molecule has 11 heteroatoms. The van der Waals surface area contributed by atoms with Crippen molar-refractivity contribution in [3.05, 3.63) is 64.1 Å². The van der Waals surface area contributed by atoms with E-state index in [2.05, 4.69) is 0 Å². The van der Waals surface area contributed by atoms with Crippen molar-refractivity contribution in [2.24, 2.45) is 0 Å². The standard InChI is InChI=1S/C24H22F6N2O2S/c1-4-35-21-10-18(24(28,29)30)14(8-19(21)23(26,27)12-31(35)3)7-16-13(2)32(11-22(33)34)20-6-5-15(25)9-17(16)20/h4-6,8-10H,7,11-12H2,1-3H3,(H,33,34). The Morgan fingerprint density at radius 2 is 1.91 bits per heavy atom. The van der Waals surface area contributed by atoms with Gasteiger partial charge in [0.05, 0.1) is 12.1 Å². The van der Waals surface area contributed by atoms with Crippen LogP contribution >= 0.6 is 10.7 Å². The fraction of sp³-hybridized carbons (Fsp3) is 0.333. The van der Waals surface area contributed by atoms with Crippen molar-refractivity contribution in [1.82, 2.24) is 8.87 Å². The summed E-state index contributed by atoms with van der Waals surface area (Å²) >= 11 is 0. The number of nitrogens with zero attached hydrogens (tertiary/aromatic N) is 2. The van der Waals surface area contributed by atoms with E-state index in [9.17, 15) is 36.2 Å². The lowest BCUT2D eigenvalue weighted by molar-refractivity contribution is -0.139. The number of fused-ring (bicyclic) bond motifs is 2. The number of likely N-dealkylation sites (N-methyl/N-ethyl adjacent to an activating group) is 1. The lowest BCUT2D eigenvalue weighted by atomic mass is 9.93. The molecule has 1 aliphatic heterocycles. The molecule has 0 saturated carbocycles. The molecule has 0 spiro atoms. The van der Waals surface area contributed by atoms with E-state index < -0.39 is 65.2 Å². The van der Waals surface area contributed by atoms with Crippen molar-refractivity contribution >= 4 is 32.9 Å². The number of carboxylic acids is 1. The minimum atomic E-state index is -4.82. The van der Waals surface area contributed by atoms with Gasteiger partial charge < -0.3 is 9.67 Å². The summed E-state index contributed by atoms with van der Waals surface area (Å²) in [7, 11) is 0.400. The second-order valence-corrected chi connectivity index (χ2v) is 10.6. The number of aromatic nitrogens is 1. The summed E-state index contributed by atoms with van der Waals surface area (Å²) in [5, 5.41) is 11.1. The summed E-state index contributed by atoms with van der Waals surface area (Å²) in [4.78, 5) is 11.3. The number of halogens is 6. The molecule has 35 heavy (non-hydrogen) atoms. The Bertz CT molecular complexity index is 1380. The first-order valence-corrected chi connectivity index (χ1v) is 11.8. The van der Waals surface area contributed by atoms with Crippen LogP contribution in [0.25, 0.3) is 10.9 Å². The van der Waals surface area contributed by atoms with Gasteiger partial charge in [-0.15, -0.1) is 0 Å². The Morgan fingerprint density at radius 1 is 1.23 bits per heavy atom. The van der Waals surface area contributed by atoms with Crippen molar-refractivity contribution < 1.29 is 36.2 Å². The molecule has 0 aliphatic carbocycles. The molecule has 1 aromatic heterocycles. The number of aliphatic carboxylic acids is 1. The summed E-state index contributed by atoms with van der Waals surface area (Å²) in [5.74, 6) is -5.20. The third-order valence-corrected chi connectivity index (χ3v) is 8.22. The van der Waals surface area contributed by atoms with Crippen LogP contribution in [0.1, 0.15) is 34.9 Å². The van der Waals surface area contributed by atoms with Gasteiger partial charge in [-0.3, -0.25) is 4.79 Å². The van der Waals surface area contributed by atoms with Crippen molar-refractivity contribution in [1.29, 1.82) is 0 Å². The topological polar surface area (TPSA) is 45.5 Å². The third kappa shape index (κ3) is 4.47. The van der Waals surface area contributed by atoms with E-state index in [0.717, 1.165) is 24.3 Å². The summed E-state index contributed by atoms with van der Waals surface area (Å²) < 4.78 is 89.2. The Labute approximate surface area is 199 Å². The van der Waals surface area contributed by atoms with Gasteiger partial charge in [-0.05, 0) is 67.7 Å². The van der Waals surface area contributed by atoms with Crippen LogP contribution < -0.4 is 0 Å². The Hall–Kier alpha value is -2.79. The molecule has 2 heterocycles. The highest BCUT2D eigenvalue weighted by Crippen LogP contribution is 2.49. The molecular formula is C24H22F6N2O2S. The quantitative estimate of drug-likeness (QED) is 0.333. The normalized spacial score (nSPS) is 18.3. The molecule has 4 rings (SSSR count). The largest absolute Gasteiger partial charge is 0.480 e. The van der Waals surface area contributed by atoms with Crippen molar-refractivity contribution in [3.8, 4) is 0 Å². The van der Waals surface area contributed by atoms with Crippen LogP contribution in [0.2, 0.25) is 0 Å². The Balaban J connectivity index is 1.98. The van der Waals surface area contributed by atoms with Crippen LogP contribution in [0.4, 0.5) is 26.3 Å². The zero-order chi connectivity index (χ0) is 25.9. The van der Waals surface area contributed by atoms with Crippen molar-refractivity contribution in [2.75, 3.05) is 13.6 Å². The number of hydrogen-bond donors (Lipinski definition) is 1. The molecule has 1 atom stereocenters. The van der Waals surface area contributed by atoms with Crippen molar-refractivity contribution in [2.45, 2.75) is 43.8 Å². The number of alkyl halides is 5. The SMILES string of the molecule is C/C=S1\c2cc(C(F)(F)F)c(Cc3c(C)n(CC(=O)O)c4ccc(F)cc34)cc2C(F)(F)CN1C. The molecule has 1 N–H and O–H groups in total. The zero-order valence-corrected chi connectivity index (χ0v) is 19.8. The molecule has 0 bridgehead atoms. The van der Waals surface area contributed by atoms with Crippen LogP contribution in [-0.4, -0.2) is 38.9 Å². The summed E-state index contributed by atoms with van der Waals surface area (Å²) in [6.45, 7) is 2.02. The van der Waals surface area contributed by atoms with E-state index in [1.54, 1.807) is 12.3 Å². The van der Waals surface area contributed by atoms with Crippen LogP contribution in [0.3, 0.4) is 0 Å². The number of carbonyl (C=O) groups is 1. The monoisotopic (exact) mass is 516 g/mol. The molecule has 0 fully saturated rings. The average Bonchev–Trinajstić information content (AvgIpc) is 2.97. The van der Waals surface area contributed by atoms with Gasteiger partial charge in [0.2, 0.25) is 0 Å². The summed E-state index contributed by atoms with van der Waals surface area (Å²) in [6, 6.07) is 5.31. The molecule has 3 aromatic rings. The maximum absolute atomic E-state index is 15.0. The predicted molar refractivity (Wildman–Crippen MR) is 123 cm³/mol. The fourth-order valence-electron chi connectivity index (χ4n) is 4.68. The molecular weight excluding hydrogens is 494 g/mol. The van der Waals surface area contributed by atoms with Gasteiger partial charge in [0.1, 0.15) is 12.4 Å². The van der Waals surface area contributed by atoms with Gasteiger partial charge in [-0.25, -0.2) is 8.70 Å². The number of hydrogen-bond acceptors (Lipinski definition) is 2. The highest BCUT2D eigenvalue weighted by atomic mass is 32.2. The van der Waals surface area contributed by atoms with Crippen LogP contribution in [0, 0.1) is 12.7 Å². The van der Waals surface area contributed by atoms with E-state index >= 15 is 0 Å². The lowest BCUT2D eigenvalue weighted by Crippen LogP contribution is -2.35. The zero-order valence-electron chi connectivity index (χ0n) is 19.0. The summed E-state index contributed by atoms with van der Waals surface area (Å²) in [6.07, 6.45) is -5.24. The first-order valence-electron chi connectivity index (χ1n) is 10.6. The lowest BCUT2D eigenvalue weighted by Gasteiger charge is -2.36. The van der Waals surface area contributed by atoms with Gasteiger partial charge in [0, 0.05) is 33.5 Å². The van der Waals surface area contributed by atoms with Crippen molar-refractivity contribution in [3.63, 3.8) is 0 Å². The number of rotatable bonds is 4. The average molecular weight is 517 g/mol. The van der Waals surface area contributed by atoms with Gasteiger partial charge in [-0.1, -0.05) is 10.7 Å². The molecule has 0 amide bonds. The second kappa shape index (κ2) is 8.70. The molecule has 0 radical (unpaired) electrons. The Morgan fingerprint density at radius 3 is 2.51 bits per heavy atom. The Kier molecular flexibility index (Phi) is 6.29. The molecule has 4 nitrogen and oxygen atoms in total. The van der Waals surface area contributed by atoms with E-state index in [4.69, 9.17) is 0 Å². The maximum atomic E-state index is 15.0. The van der Waals surface area contributed by atoms with E-state index in [0.29, 0.717) is 11.2 Å².